The van der Waals surface area contributed by atoms with Crippen LogP contribution in [0.1, 0.15) is 23.0 Å². The summed E-state index contributed by atoms with van der Waals surface area (Å²) in [6.45, 7) is 1.88. The molecule has 1 N–H and O–H groups in total. The van der Waals surface area contributed by atoms with Crippen LogP contribution in [0.2, 0.25) is 0 Å². The number of aromatic nitrogens is 1. The first-order valence-corrected chi connectivity index (χ1v) is 5.09. The lowest BCUT2D eigenvalue weighted by molar-refractivity contribution is -0.118. The van der Waals surface area contributed by atoms with Crippen molar-refractivity contribution in [1.82, 2.24) is 10.3 Å². The number of ether oxygens (including phenoxy) is 1. The number of nitrogens with zero attached hydrogens (tertiary/aromatic N) is 1. The lowest BCUT2D eigenvalue weighted by Crippen LogP contribution is -2.19. The smallest absolute Gasteiger partial charge is 0.337 e. The van der Waals surface area contributed by atoms with Crippen LogP contribution in [-0.4, -0.2) is 30.5 Å². The minimum atomic E-state index is -0.399. The molecular weight excluding hydrogens is 220 g/mol. The third-order valence-corrected chi connectivity index (χ3v) is 1.96. The molecule has 0 aromatic carbocycles. The molecule has 0 radical (unpaired) electrons. The van der Waals surface area contributed by atoms with Gasteiger partial charge in [-0.25, -0.2) is 4.79 Å². The second-order valence-electron chi connectivity index (χ2n) is 3.30. The van der Waals surface area contributed by atoms with Gasteiger partial charge >= 0.3 is 5.97 Å². The molecule has 0 aliphatic carbocycles. The second kappa shape index (κ2) is 6.42. The minimum absolute atomic E-state index is 0.0917. The molecule has 1 rings (SSSR count). The van der Waals surface area contributed by atoms with Gasteiger partial charge in [0.2, 0.25) is 5.91 Å². The average molecular weight is 234 g/mol. The van der Waals surface area contributed by atoms with Crippen LogP contribution in [0, 0.1) is 0 Å². The molecule has 0 aliphatic rings. The predicted octanol–water partition coefficient (Wildman–Crippen LogP) is 1.02. The number of carbonyl (C=O) groups excluding carboxylic acids is 2. The van der Waals surface area contributed by atoms with Crippen LogP contribution in [0.5, 0.6) is 0 Å². The lowest BCUT2D eigenvalue weighted by Gasteiger charge is -1.99. The quantitative estimate of drug-likeness (QED) is 0.790. The van der Waals surface area contributed by atoms with Crippen molar-refractivity contribution in [3.05, 3.63) is 35.7 Å². The first-order chi connectivity index (χ1) is 8.13. The molecule has 0 atom stereocenters. The molecule has 1 aromatic heterocycles. The molecule has 1 heterocycles. The Hall–Kier alpha value is -2.17. The summed E-state index contributed by atoms with van der Waals surface area (Å²) in [6.07, 6.45) is 5.01. The van der Waals surface area contributed by atoms with Gasteiger partial charge in [0.25, 0.3) is 0 Å². The van der Waals surface area contributed by atoms with Crippen LogP contribution in [0.4, 0.5) is 0 Å². The van der Waals surface area contributed by atoms with E-state index in [1.807, 2.05) is 0 Å². The molecule has 5 nitrogen and oxygen atoms in total. The molecule has 0 bridgehead atoms. The summed E-state index contributed by atoms with van der Waals surface area (Å²) in [5, 5.41) is 2.62. The van der Waals surface area contributed by atoms with E-state index in [1.165, 1.54) is 20.2 Å². The zero-order valence-electron chi connectivity index (χ0n) is 9.77. The largest absolute Gasteiger partial charge is 0.465 e. The molecule has 90 valence electrons. The van der Waals surface area contributed by atoms with Crippen molar-refractivity contribution in [2.45, 2.75) is 6.92 Å². The molecule has 0 spiro atoms. The number of pyridine rings is 1. The van der Waals surface area contributed by atoms with Crippen molar-refractivity contribution in [1.29, 1.82) is 0 Å². The van der Waals surface area contributed by atoms with Gasteiger partial charge in [0.1, 0.15) is 0 Å². The number of carbonyl (C=O) groups is 2. The van der Waals surface area contributed by atoms with Gasteiger partial charge in [-0.05, 0) is 18.2 Å². The third kappa shape index (κ3) is 4.46. The molecular formula is C12H14N2O3. The van der Waals surface area contributed by atoms with Crippen LogP contribution < -0.4 is 5.32 Å². The number of rotatable bonds is 4. The molecule has 0 unspecified atom stereocenters. The Balaban J connectivity index is 2.65. The Kier molecular flexibility index (Phi) is 4.87. The number of nitrogens with one attached hydrogen (secondary N) is 1. The van der Waals surface area contributed by atoms with Crippen LogP contribution >= 0.6 is 0 Å². The maximum atomic E-state index is 11.3. The molecule has 0 fully saturated rings. The van der Waals surface area contributed by atoms with E-state index in [0.29, 0.717) is 17.8 Å². The van der Waals surface area contributed by atoms with E-state index in [2.05, 4.69) is 15.0 Å². The Labute approximate surface area is 99.5 Å². The summed E-state index contributed by atoms with van der Waals surface area (Å²) in [5.41, 5.74) is 1.08. The van der Waals surface area contributed by atoms with Gasteiger partial charge in [-0.1, -0.05) is 6.08 Å². The summed E-state index contributed by atoms with van der Waals surface area (Å²) < 4.78 is 4.60. The van der Waals surface area contributed by atoms with Gasteiger partial charge in [-0.3, -0.25) is 9.78 Å². The summed E-state index contributed by atoms with van der Waals surface area (Å²) in [6, 6.07) is 3.20. The number of methoxy groups -OCH3 is 1. The van der Waals surface area contributed by atoms with Gasteiger partial charge < -0.3 is 10.1 Å². The Morgan fingerprint density at radius 1 is 1.53 bits per heavy atom. The zero-order chi connectivity index (χ0) is 12.7. The normalized spacial score (nSPS) is 10.2. The first kappa shape index (κ1) is 12.9. The Morgan fingerprint density at radius 3 is 2.94 bits per heavy atom. The van der Waals surface area contributed by atoms with Crippen molar-refractivity contribution in [2.75, 3.05) is 13.7 Å². The standard InChI is InChI=1S/C12H14N2O3/c1-9(15)13-6-3-4-11-8-10(5-7-14-11)12(16)17-2/h3-5,7-8H,6H2,1-2H3,(H,13,15). The van der Waals surface area contributed by atoms with E-state index in [1.54, 1.807) is 24.3 Å². The fourth-order valence-corrected chi connectivity index (χ4v) is 1.17. The fourth-order valence-electron chi connectivity index (χ4n) is 1.17. The second-order valence-corrected chi connectivity index (χ2v) is 3.30. The number of hydrogen-bond donors (Lipinski definition) is 1. The highest BCUT2D eigenvalue weighted by Gasteiger charge is 2.04. The summed E-state index contributed by atoms with van der Waals surface area (Å²) in [4.78, 5) is 25.9. The molecule has 0 saturated carbocycles. The number of hydrogen-bond acceptors (Lipinski definition) is 4. The number of amides is 1. The van der Waals surface area contributed by atoms with Crippen LogP contribution in [0.15, 0.2) is 24.4 Å². The van der Waals surface area contributed by atoms with E-state index >= 15 is 0 Å². The van der Waals surface area contributed by atoms with Crippen molar-refractivity contribution < 1.29 is 14.3 Å². The van der Waals surface area contributed by atoms with Gasteiger partial charge in [0.15, 0.2) is 0 Å². The average Bonchev–Trinajstić information content (AvgIpc) is 2.34. The lowest BCUT2D eigenvalue weighted by atomic mass is 10.2. The van der Waals surface area contributed by atoms with Crippen LogP contribution in [-0.2, 0) is 9.53 Å². The van der Waals surface area contributed by atoms with Gasteiger partial charge in [-0.15, -0.1) is 0 Å². The first-order valence-electron chi connectivity index (χ1n) is 5.09. The molecule has 17 heavy (non-hydrogen) atoms. The zero-order valence-corrected chi connectivity index (χ0v) is 9.77. The SMILES string of the molecule is COC(=O)c1ccnc(C=CCNC(C)=O)c1. The van der Waals surface area contributed by atoms with E-state index in [-0.39, 0.29) is 5.91 Å². The molecule has 0 saturated heterocycles. The summed E-state index contributed by atoms with van der Waals surface area (Å²) >= 11 is 0. The highest BCUT2D eigenvalue weighted by Crippen LogP contribution is 2.04. The highest BCUT2D eigenvalue weighted by atomic mass is 16.5. The number of esters is 1. The maximum absolute atomic E-state index is 11.3. The van der Waals surface area contributed by atoms with Crippen molar-refractivity contribution in [2.24, 2.45) is 0 Å². The van der Waals surface area contributed by atoms with E-state index < -0.39 is 5.97 Å². The van der Waals surface area contributed by atoms with Gasteiger partial charge in [0.05, 0.1) is 18.4 Å². The molecule has 1 aromatic rings. The fraction of sp³-hybridized carbons (Fsp3) is 0.250. The van der Waals surface area contributed by atoms with Gasteiger partial charge in [-0.2, -0.15) is 0 Å². The monoisotopic (exact) mass is 234 g/mol. The van der Waals surface area contributed by atoms with Crippen molar-refractivity contribution >= 4 is 18.0 Å². The van der Waals surface area contributed by atoms with Crippen LogP contribution in [0.25, 0.3) is 6.08 Å². The third-order valence-electron chi connectivity index (χ3n) is 1.96. The van der Waals surface area contributed by atoms with E-state index in [4.69, 9.17) is 0 Å². The minimum Gasteiger partial charge on any atom is -0.465 e. The maximum Gasteiger partial charge on any atom is 0.337 e. The topological polar surface area (TPSA) is 68.3 Å². The van der Waals surface area contributed by atoms with Crippen molar-refractivity contribution in [3.8, 4) is 0 Å². The summed E-state index contributed by atoms with van der Waals surface area (Å²) in [7, 11) is 1.33. The predicted molar refractivity (Wildman–Crippen MR) is 63.3 cm³/mol. The highest BCUT2D eigenvalue weighted by molar-refractivity contribution is 5.89. The van der Waals surface area contributed by atoms with Gasteiger partial charge in [0, 0.05) is 19.7 Å². The van der Waals surface area contributed by atoms with Crippen LogP contribution in [0.3, 0.4) is 0 Å². The Morgan fingerprint density at radius 2 is 2.29 bits per heavy atom. The van der Waals surface area contributed by atoms with E-state index in [0.717, 1.165) is 0 Å². The Bertz CT molecular complexity index is 441. The van der Waals surface area contributed by atoms with E-state index in [9.17, 15) is 9.59 Å². The summed E-state index contributed by atoms with van der Waals surface area (Å²) in [5.74, 6) is -0.491. The molecule has 0 aliphatic heterocycles. The van der Waals surface area contributed by atoms with Crippen molar-refractivity contribution in [3.63, 3.8) is 0 Å². The molecule has 1 amide bonds. The molecule has 5 heteroatoms.